The maximum atomic E-state index is 15.1. The van der Waals surface area contributed by atoms with Crippen molar-refractivity contribution in [1.29, 1.82) is 0 Å². The number of sulfone groups is 1. The lowest BCUT2D eigenvalue weighted by molar-refractivity contribution is -0.161. The number of ether oxygens (including phenoxy) is 2. The Hall–Kier alpha value is -4.75. The average Bonchev–Trinajstić information content (AvgIpc) is 3.46. The molecule has 2 amide bonds. The Balaban J connectivity index is 0.000000324. The number of amides is 2. The first kappa shape index (κ1) is 37.1. The van der Waals surface area contributed by atoms with Crippen molar-refractivity contribution in [3.8, 4) is 5.75 Å². The maximum Gasteiger partial charge on any atom is 0.387 e. The normalized spacial score (nSPS) is 20.5. The number of benzene rings is 1. The smallest absolute Gasteiger partial charge is 0.387 e. The molecule has 19 heteroatoms. The van der Waals surface area contributed by atoms with E-state index < -0.39 is 56.2 Å². The molecule has 5 rings (SSSR count). The van der Waals surface area contributed by atoms with Gasteiger partial charge >= 0.3 is 13.2 Å². The van der Waals surface area contributed by atoms with Gasteiger partial charge in [0, 0.05) is 17.4 Å². The molecule has 49 heavy (non-hydrogen) atoms. The summed E-state index contributed by atoms with van der Waals surface area (Å²) in [5.74, 6) is -2.60. The molecule has 2 aliphatic rings. The third-order valence-electron chi connectivity index (χ3n) is 7.80. The second-order valence-electron chi connectivity index (χ2n) is 11.3. The van der Waals surface area contributed by atoms with Crippen molar-refractivity contribution in [3.05, 3.63) is 82.7 Å². The molecule has 2 aliphatic heterocycles. The summed E-state index contributed by atoms with van der Waals surface area (Å²) in [6.07, 6.45) is 2.38. The predicted octanol–water partition coefficient (Wildman–Crippen LogP) is 3.82. The summed E-state index contributed by atoms with van der Waals surface area (Å²) in [6, 6.07) is 8.16. The van der Waals surface area contributed by atoms with Crippen LogP contribution in [0.2, 0.25) is 0 Å². The second kappa shape index (κ2) is 14.4. The standard InChI is InChI=1S/C22H23F3N4O5S.C8H8F2N2O2/c1-11-6-13(34-20(24)25)8-27-17(11)18(30)28-12-4-5-15(23)14(7-12)22-10-33-9-16(22)35(31,32)21(2,3)19(26)29-22;1-5-3-2-4-11-6(5)7(13)12-14-8(9)10/h4-8,16,20H,9-10H2,1-3H3,(H2,26,29)(H,28,30);2-4,8H,1H3,(H,12,13)/t16-,22-;/m1./s1. The van der Waals surface area contributed by atoms with Crippen LogP contribution in [0.1, 0.15) is 51.5 Å². The van der Waals surface area contributed by atoms with E-state index in [2.05, 4.69) is 29.9 Å². The van der Waals surface area contributed by atoms with Gasteiger partial charge in [0.25, 0.3) is 11.8 Å². The van der Waals surface area contributed by atoms with Crippen LogP contribution in [0.4, 0.5) is 27.6 Å². The molecule has 0 saturated carbocycles. The van der Waals surface area contributed by atoms with Crippen LogP contribution in [0.5, 0.6) is 5.75 Å². The number of rotatable bonds is 8. The molecule has 4 N–H and O–H groups in total. The van der Waals surface area contributed by atoms with E-state index in [-0.39, 0.29) is 53.0 Å². The molecule has 2 atom stereocenters. The number of alkyl halides is 4. The van der Waals surface area contributed by atoms with Crippen molar-refractivity contribution >= 4 is 33.2 Å². The Kier molecular flexibility index (Phi) is 10.9. The first-order valence-electron chi connectivity index (χ1n) is 14.3. The lowest BCUT2D eigenvalue weighted by Gasteiger charge is -2.41. The van der Waals surface area contributed by atoms with Gasteiger partial charge in [0.2, 0.25) is 0 Å². The van der Waals surface area contributed by atoms with Crippen molar-refractivity contribution in [3.63, 3.8) is 0 Å². The molecule has 1 aromatic carbocycles. The Bertz CT molecular complexity index is 1880. The Morgan fingerprint density at radius 3 is 2.35 bits per heavy atom. The van der Waals surface area contributed by atoms with Crippen molar-refractivity contribution in [2.75, 3.05) is 18.5 Å². The highest BCUT2D eigenvalue weighted by molar-refractivity contribution is 7.94. The Labute approximate surface area is 276 Å². The van der Waals surface area contributed by atoms with Crippen LogP contribution in [0.15, 0.2) is 53.8 Å². The summed E-state index contributed by atoms with van der Waals surface area (Å²) in [5, 5.41) is 1.39. The number of amidine groups is 1. The number of halogens is 5. The lowest BCUT2D eigenvalue weighted by atomic mass is 9.87. The largest absolute Gasteiger partial charge is 0.433 e. The number of nitrogens with zero attached hydrogens (tertiary/aromatic N) is 3. The van der Waals surface area contributed by atoms with Crippen LogP contribution in [0, 0.1) is 19.7 Å². The summed E-state index contributed by atoms with van der Waals surface area (Å²) in [4.78, 5) is 39.6. The zero-order chi connectivity index (χ0) is 36.3. The Morgan fingerprint density at radius 1 is 1.02 bits per heavy atom. The number of aliphatic imine (C=N–C) groups is 1. The van der Waals surface area contributed by atoms with Gasteiger partial charge in [0.05, 0.1) is 19.4 Å². The van der Waals surface area contributed by atoms with Gasteiger partial charge < -0.3 is 20.5 Å². The lowest BCUT2D eigenvalue weighted by Crippen LogP contribution is -2.60. The highest BCUT2D eigenvalue weighted by atomic mass is 32.2. The summed E-state index contributed by atoms with van der Waals surface area (Å²) in [7, 11) is -3.92. The number of pyridine rings is 2. The molecule has 0 unspecified atom stereocenters. The van der Waals surface area contributed by atoms with E-state index in [1.54, 1.807) is 24.5 Å². The molecule has 0 bridgehead atoms. The minimum atomic E-state index is -3.92. The first-order valence-corrected chi connectivity index (χ1v) is 15.8. The number of nitrogens with one attached hydrogen (secondary N) is 2. The third kappa shape index (κ3) is 7.62. The molecule has 13 nitrogen and oxygen atoms in total. The highest BCUT2D eigenvalue weighted by Gasteiger charge is 2.62. The van der Waals surface area contributed by atoms with Gasteiger partial charge in [-0.1, -0.05) is 6.07 Å². The third-order valence-corrected chi connectivity index (χ3v) is 10.7. The van der Waals surface area contributed by atoms with Crippen LogP contribution >= 0.6 is 0 Å². The quantitative estimate of drug-likeness (QED) is 0.229. The number of nitrogens with two attached hydrogens (primary N) is 1. The molecule has 1 fully saturated rings. The predicted molar refractivity (Wildman–Crippen MR) is 164 cm³/mol. The van der Waals surface area contributed by atoms with Crippen molar-refractivity contribution in [2.24, 2.45) is 10.7 Å². The number of aryl methyl sites for hydroxylation is 2. The average molecular weight is 715 g/mol. The number of hydroxylamine groups is 1. The van der Waals surface area contributed by atoms with Crippen LogP contribution in [0.25, 0.3) is 0 Å². The summed E-state index contributed by atoms with van der Waals surface area (Å²) < 4.78 is 97.9. The second-order valence-corrected chi connectivity index (χ2v) is 14.0. The summed E-state index contributed by atoms with van der Waals surface area (Å²) in [5.41, 5.74) is 6.89. The molecule has 2 aromatic heterocycles. The fourth-order valence-electron chi connectivity index (χ4n) is 5.11. The number of fused-ring (bicyclic) bond motifs is 1. The van der Waals surface area contributed by atoms with E-state index in [0.717, 1.165) is 12.3 Å². The number of anilines is 1. The van der Waals surface area contributed by atoms with Crippen molar-refractivity contribution < 1.29 is 54.3 Å². The zero-order valence-electron chi connectivity index (χ0n) is 26.3. The SMILES string of the molecule is Cc1cc(OC(F)F)cnc1C(=O)Nc1ccc(F)c([C@]23COC[C@H]2S(=O)(=O)C(C)(C)C(N)=N3)c1.Cc1cccnc1C(=O)NOC(F)F. The molecule has 264 valence electrons. The van der Waals surface area contributed by atoms with Gasteiger partial charge in [0.1, 0.15) is 44.3 Å². The molecular formula is C30H31F5N6O7S. The van der Waals surface area contributed by atoms with E-state index in [9.17, 15) is 35.6 Å². The molecule has 0 radical (unpaired) electrons. The van der Waals surface area contributed by atoms with Gasteiger partial charge in [-0.2, -0.15) is 17.6 Å². The minimum absolute atomic E-state index is 0.0631. The van der Waals surface area contributed by atoms with Gasteiger partial charge in [-0.05, 0) is 69.2 Å². The molecular weight excluding hydrogens is 683 g/mol. The van der Waals surface area contributed by atoms with Gasteiger partial charge in [-0.3, -0.25) is 19.6 Å². The van der Waals surface area contributed by atoms with E-state index >= 15 is 4.39 Å². The maximum absolute atomic E-state index is 15.1. The molecule has 1 saturated heterocycles. The minimum Gasteiger partial charge on any atom is -0.433 e. The van der Waals surface area contributed by atoms with Gasteiger partial charge in [-0.25, -0.2) is 28.1 Å². The number of aromatic nitrogens is 2. The molecule has 4 heterocycles. The monoisotopic (exact) mass is 714 g/mol. The number of hydrogen-bond donors (Lipinski definition) is 3. The highest BCUT2D eigenvalue weighted by Crippen LogP contribution is 2.47. The van der Waals surface area contributed by atoms with Crippen molar-refractivity contribution in [2.45, 2.75) is 56.5 Å². The van der Waals surface area contributed by atoms with Crippen molar-refractivity contribution in [1.82, 2.24) is 15.4 Å². The van der Waals surface area contributed by atoms with E-state index in [1.165, 1.54) is 45.2 Å². The van der Waals surface area contributed by atoms with Crippen LogP contribution in [0.3, 0.4) is 0 Å². The van der Waals surface area contributed by atoms with Gasteiger partial charge in [0.15, 0.2) is 9.84 Å². The number of carbonyl (C=O) groups excluding carboxylic acids is 2. The molecule has 0 spiro atoms. The summed E-state index contributed by atoms with van der Waals surface area (Å²) in [6.45, 7) is -0.479. The van der Waals surface area contributed by atoms with Crippen LogP contribution < -0.4 is 21.3 Å². The van der Waals surface area contributed by atoms with Gasteiger partial charge in [-0.15, -0.1) is 0 Å². The van der Waals surface area contributed by atoms with E-state index in [1.807, 2.05) is 0 Å². The zero-order valence-corrected chi connectivity index (χ0v) is 27.2. The molecule has 3 aromatic rings. The van der Waals surface area contributed by atoms with E-state index in [0.29, 0.717) is 5.56 Å². The first-order chi connectivity index (χ1) is 22.9. The Morgan fingerprint density at radius 2 is 1.71 bits per heavy atom. The molecule has 0 aliphatic carbocycles. The topological polar surface area (TPSA) is 184 Å². The number of carbonyl (C=O) groups is 2. The van der Waals surface area contributed by atoms with E-state index in [4.69, 9.17) is 10.5 Å². The van der Waals surface area contributed by atoms with Crippen LogP contribution in [-0.2, 0) is 25.0 Å². The van der Waals surface area contributed by atoms with Crippen LogP contribution in [-0.4, -0.2) is 72.5 Å². The fourth-order valence-corrected chi connectivity index (χ4v) is 7.20. The fraction of sp³-hybridized carbons (Fsp3) is 0.367. The number of hydrogen-bond acceptors (Lipinski definition) is 11. The summed E-state index contributed by atoms with van der Waals surface area (Å²) >= 11 is 0.